The van der Waals surface area contributed by atoms with Gasteiger partial charge in [-0.25, -0.2) is 0 Å². The monoisotopic (exact) mass is 327 g/mol. The molecule has 1 atom stereocenters. The second kappa shape index (κ2) is 9.38. The van der Waals surface area contributed by atoms with Gasteiger partial charge >= 0.3 is 0 Å². The van der Waals surface area contributed by atoms with Crippen molar-refractivity contribution < 1.29 is 4.74 Å². The first-order valence-corrected chi connectivity index (χ1v) is 8.07. The first kappa shape index (κ1) is 16.5. The number of nitrogens with one attached hydrogen (secondary N) is 1. The van der Waals surface area contributed by atoms with Crippen LogP contribution in [0.4, 0.5) is 0 Å². The van der Waals surface area contributed by atoms with Gasteiger partial charge in [-0.05, 0) is 54.0 Å². The maximum atomic E-state index is 5.82. The molecule has 108 valence electrons. The fraction of sp³-hybridized carbons (Fsp3) is 0.625. The molecule has 0 radical (unpaired) electrons. The zero-order chi connectivity index (χ0) is 14.1. The second-order valence-corrected chi connectivity index (χ2v) is 5.82. The summed E-state index contributed by atoms with van der Waals surface area (Å²) in [7, 11) is 1.97. The summed E-state index contributed by atoms with van der Waals surface area (Å²) >= 11 is 3.59. The zero-order valence-corrected chi connectivity index (χ0v) is 13.9. The first-order valence-electron chi connectivity index (χ1n) is 7.28. The van der Waals surface area contributed by atoms with E-state index in [-0.39, 0.29) is 0 Å². The normalized spacial score (nSPS) is 12.4. The number of rotatable bonds is 9. The summed E-state index contributed by atoms with van der Waals surface area (Å²) in [6.07, 6.45) is 6.35. The van der Waals surface area contributed by atoms with E-state index in [9.17, 15) is 0 Å². The molecule has 0 saturated heterocycles. The van der Waals surface area contributed by atoms with Crippen molar-refractivity contribution in [3.63, 3.8) is 0 Å². The Hall–Kier alpha value is -0.540. The predicted octanol–water partition coefficient (Wildman–Crippen LogP) is 5.08. The fourth-order valence-corrected chi connectivity index (χ4v) is 2.47. The summed E-state index contributed by atoms with van der Waals surface area (Å²) < 4.78 is 6.86. The van der Waals surface area contributed by atoms with E-state index in [4.69, 9.17) is 4.74 Å². The molecule has 1 rings (SSSR count). The van der Waals surface area contributed by atoms with Gasteiger partial charge in [0.2, 0.25) is 0 Å². The van der Waals surface area contributed by atoms with Gasteiger partial charge in [-0.3, -0.25) is 0 Å². The lowest BCUT2D eigenvalue weighted by Gasteiger charge is -2.13. The Kier molecular flexibility index (Phi) is 8.15. The van der Waals surface area contributed by atoms with Gasteiger partial charge in [0, 0.05) is 6.04 Å². The Bertz CT molecular complexity index is 368. The van der Waals surface area contributed by atoms with Crippen molar-refractivity contribution in [2.45, 2.75) is 52.0 Å². The summed E-state index contributed by atoms with van der Waals surface area (Å²) in [6.45, 7) is 5.20. The van der Waals surface area contributed by atoms with Crippen LogP contribution in [0.1, 0.15) is 57.6 Å². The van der Waals surface area contributed by atoms with Gasteiger partial charge in [0.15, 0.2) is 0 Å². The van der Waals surface area contributed by atoms with Gasteiger partial charge in [0.1, 0.15) is 5.75 Å². The molecule has 0 aromatic heterocycles. The molecular formula is C16H26BrNO. The van der Waals surface area contributed by atoms with Crippen LogP contribution < -0.4 is 10.1 Å². The van der Waals surface area contributed by atoms with Crippen LogP contribution in [0.2, 0.25) is 0 Å². The molecule has 0 aliphatic carbocycles. The lowest BCUT2D eigenvalue weighted by Crippen LogP contribution is -2.12. The molecule has 3 heteroatoms. The van der Waals surface area contributed by atoms with Gasteiger partial charge < -0.3 is 10.1 Å². The molecule has 0 heterocycles. The molecule has 1 aromatic carbocycles. The van der Waals surface area contributed by atoms with Crippen LogP contribution in [-0.4, -0.2) is 13.7 Å². The minimum absolute atomic E-state index is 0.361. The minimum atomic E-state index is 0.361. The van der Waals surface area contributed by atoms with Crippen molar-refractivity contribution in [1.82, 2.24) is 5.32 Å². The SMILES string of the molecule is CCCCCCCOc1ccc(C(C)NC)cc1Br. The average Bonchev–Trinajstić information content (AvgIpc) is 2.43. The highest BCUT2D eigenvalue weighted by Gasteiger charge is 2.06. The van der Waals surface area contributed by atoms with Crippen molar-refractivity contribution in [1.29, 1.82) is 0 Å². The Morgan fingerprint density at radius 3 is 2.58 bits per heavy atom. The molecule has 0 aliphatic rings. The smallest absolute Gasteiger partial charge is 0.133 e. The molecule has 0 amide bonds. The number of hydrogen-bond acceptors (Lipinski definition) is 2. The van der Waals surface area contributed by atoms with Gasteiger partial charge in [-0.1, -0.05) is 38.7 Å². The van der Waals surface area contributed by atoms with E-state index < -0.39 is 0 Å². The molecule has 0 saturated carbocycles. The molecule has 1 aromatic rings. The highest BCUT2D eigenvalue weighted by atomic mass is 79.9. The highest BCUT2D eigenvalue weighted by Crippen LogP contribution is 2.28. The van der Waals surface area contributed by atoms with Gasteiger partial charge in [-0.15, -0.1) is 0 Å². The molecule has 0 spiro atoms. The second-order valence-electron chi connectivity index (χ2n) is 4.96. The summed E-state index contributed by atoms with van der Waals surface area (Å²) in [5, 5.41) is 3.24. The molecule has 1 N–H and O–H groups in total. The van der Waals surface area contributed by atoms with E-state index >= 15 is 0 Å². The number of ether oxygens (including phenoxy) is 1. The topological polar surface area (TPSA) is 21.3 Å². The van der Waals surface area contributed by atoms with Crippen molar-refractivity contribution in [2.24, 2.45) is 0 Å². The Morgan fingerprint density at radius 2 is 1.95 bits per heavy atom. The lowest BCUT2D eigenvalue weighted by atomic mass is 10.1. The third kappa shape index (κ3) is 5.96. The van der Waals surface area contributed by atoms with Crippen molar-refractivity contribution in [3.8, 4) is 5.75 Å². The average molecular weight is 328 g/mol. The van der Waals surface area contributed by atoms with E-state index in [1.807, 2.05) is 7.05 Å². The molecule has 0 aliphatic heterocycles. The van der Waals surface area contributed by atoms with E-state index in [1.54, 1.807) is 0 Å². The highest BCUT2D eigenvalue weighted by molar-refractivity contribution is 9.10. The van der Waals surface area contributed by atoms with Crippen LogP contribution in [-0.2, 0) is 0 Å². The van der Waals surface area contributed by atoms with E-state index in [0.29, 0.717) is 6.04 Å². The molecule has 0 bridgehead atoms. The summed E-state index contributed by atoms with van der Waals surface area (Å²) in [6, 6.07) is 6.67. The Morgan fingerprint density at radius 1 is 1.21 bits per heavy atom. The Labute approximate surface area is 126 Å². The molecule has 0 fully saturated rings. The van der Waals surface area contributed by atoms with E-state index in [1.165, 1.54) is 31.2 Å². The van der Waals surface area contributed by atoms with Crippen LogP contribution in [0.15, 0.2) is 22.7 Å². The van der Waals surface area contributed by atoms with Crippen LogP contribution in [0, 0.1) is 0 Å². The van der Waals surface area contributed by atoms with E-state index in [0.717, 1.165) is 23.2 Å². The summed E-state index contributed by atoms with van der Waals surface area (Å²) in [4.78, 5) is 0. The van der Waals surface area contributed by atoms with Gasteiger partial charge in [-0.2, -0.15) is 0 Å². The van der Waals surface area contributed by atoms with Crippen molar-refractivity contribution in [2.75, 3.05) is 13.7 Å². The van der Waals surface area contributed by atoms with Crippen molar-refractivity contribution in [3.05, 3.63) is 28.2 Å². The molecule has 1 unspecified atom stereocenters. The minimum Gasteiger partial charge on any atom is -0.492 e. The van der Waals surface area contributed by atoms with E-state index in [2.05, 4.69) is 53.3 Å². The van der Waals surface area contributed by atoms with Gasteiger partial charge in [0.05, 0.1) is 11.1 Å². The van der Waals surface area contributed by atoms with Gasteiger partial charge in [0.25, 0.3) is 0 Å². The Balaban J connectivity index is 2.38. The third-order valence-electron chi connectivity index (χ3n) is 3.39. The number of benzene rings is 1. The third-order valence-corrected chi connectivity index (χ3v) is 4.01. The molecule has 2 nitrogen and oxygen atoms in total. The number of hydrogen-bond donors (Lipinski definition) is 1. The standard InChI is InChI=1S/C16H26BrNO/c1-4-5-6-7-8-11-19-16-10-9-14(12-15(16)17)13(2)18-3/h9-10,12-13,18H,4-8,11H2,1-3H3. The molecule has 19 heavy (non-hydrogen) atoms. The maximum Gasteiger partial charge on any atom is 0.133 e. The predicted molar refractivity (Wildman–Crippen MR) is 85.9 cm³/mol. The van der Waals surface area contributed by atoms with Crippen LogP contribution in [0.25, 0.3) is 0 Å². The quantitative estimate of drug-likeness (QED) is 0.638. The zero-order valence-electron chi connectivity index (χ0n) is 12.3. The summed E-state index contributed by atoms with van der Waals surface area (Å²) in [5.74, 6) is 0.947. The van der Waals surface area contributed by atoms with Crippen LogP contribution >= 0.6 is 15.9 Å². The molecular weight excluding hydrogens is 302 g/mol. The van der Waals surface area contributed by atoms with Crippen LogP contribution in [0.3, 0.4) is 0 Å². The van der Waals surface area contributed by atoms with Crippen LogP contribution in [0.5, 0.6) is 5.75 Å². The largest absolute Gasteiger partial charge is 0.492 e. The lowest BCUT2D eigenvalue weighted by molar-refractivity contribution is 0.302. The first-order chi connectivity index (χ1) is 9.19. The fourth-order valence-electron chi connectivity index (χ4n) is 1.96. The number of halogens is 1. The maximum absolute atomic E-state index is 5.82. The number of unbranched alkanes of at least 4 members (excludes halogenated alkanes) is 4. The van der Waals surface area contributed by atoms with Crippen molar-refractivity contribution >= 4 is 15.9 Å². The summed E-state index contributed by atoms with van der Waals surface area (Å²) in [5.41, 5.74) is 1.27.